The Morgan fingerprint density at radius 3 is 1.88 bits per heavy atom. The largest absolute Gasteiger partial charge is 0.287 e. The van der Waals surface area contributed by atoms with E-state index in [0.29, 0.717) is 12.8 Å². The van der Waals surface area contributed by atoms with Crippen molar-refractivity contribution < 1.29 is 9.59 Å². The van der Waals surface area contributed by atoms with E-state index in [0.717, 1.165) is 18.2 Å². The molecule has 0 aromatic heterocycles. The molecule has 0 aliphatic carbocycles. The van der Waals surface area contributed by atoms with E-state index in [1.54, 1.807) is 0 Å². The highest BCUT2D eigenvalue weighted by Gasteiger charge is 2.15. The van der Waals surface area contributed by atoms with Crippen molar-refractivity contribution in [2.45, 2.75) is 19.3 Å². The molecule has 0 unspecified atom stereocenters. The molecule has 1 aliphatic heterocycles. The number of carbonyl (C=O) groups excluding carboxylic acids is 2. The minimum absolute atomic E-state index is 0.0289. The van der Waals surface area contributed by atoms with Gasteiger partial charge >= 0.3 is 0 Å². The summed E-state index contributed by atoms with van der Waals surface area (Å²) >= 11 is 0.863. The SMILES string of the molecule is O=C1CCCC(=O)S1. The van der Waals surface area contributed by atoms with Gasteiger partial charge in [0, 0.05) is 12.8 Å². The molecule has 0 amide bonds. The fourth-order valence-corrected chi connectivity index (χ4v) is 1.35. The van der Waals surface area contributed by atoms with Crippen LogP contribution in [0.25, 0.3) is 0 Å². The molecule has 44 valence electrons. The first-order chi connectivity index (χ1) is 3.79. The standard InChI is InChI=1S/C5H6O2S/c6-4-2-1-3-5(7)8-4/h1-3H2. The molecular formula is C5H6O2S. The van der Waals surface area contributed by atoms with Crippen LogP contribution in [-0.4, -0.2) is 10.2 Å². The lowest BCUT2D eigenvalue weighted by Gasteiger charge is -2.03. The summed E-state index contributed by atoms with van der Waals surface area (Å²) in [5, 5.41) is 0.0579. The van der Waals surface area contributed by atoms with Gasteiger partial charge in [-0.25, -0.2) is 0 Å². The van der Waals surface area contributed by atoms with E-state index in [9.17, 15) is 9.59 Å². The lowest BCUT2D eigenvalue weighted by Crippen LogP contribution is -2.05. The van der Waals surface area contributed by atoms with Crippen LogP contribution in [0, 0.1) is 0 Å². The van der Waals surface area contributed by atoms with E-state index in [-0.39, 0.29) is 10.2 Å². The Bertz CT molecular complexity index is 116. The third-order valence-corrected chi connectivity index (χ3v) is 1.85. The average Bonchev–Trinajstić information content (AvgIpc) is 1.64. The Morgan fingerprint density at radius 1 is 1.12 bits per heavy atom. The van der Waals surface area contributed by atoms with Gasteiger partial charge in [-0.3, -0.25) is 9.59 Å². The molecule has 1 rings (SSSR count). The van der Waals surface area contributed by atoms with Gasteiger partial charge < -0.3 is 0 Å². The van der Waals surface area contributed by atoms with Gasteiger partial charge in [-0.05, 0) is 18.2 Å². The molecule has 0 radical (unpaired) electrons. The first kappa shape index (κ1) is 5.82. The van der Waals surface area contributed by atoms with Crippen molar-refractivity contribution in [1.29, 1.82) is 0 Å². The van der Waals surface area contributed by atoms with Crippen molar-refractivity contribution in [3.8, 4) is 0 Å². The van der Waals surface area contributed by atoms with Crippen LogP contribution in [0.15, 0.2) is 0 Å². The zero-order valence-electron chi connectivity index (χ0n) is 4.35. The normalized spacial score (nSPS) is 21.5. The van der Waals surface area contributed by atoms with Gasteiger partial charge in [0.05, 0.1) is 0 Å². The fourth-order valence-electron chi connectivity index (χ4n) is 0.606. The average molecular weight is 130 g/mol. The molecule has 0 saturated carbocycles. The molecule has 1 fully saturated rings. The molecule has 2 nitrogen and oxygen atoms in total. The molecule has 0 aromatic rings. The van der Waals surface area contributed by atoms with Crippen molar-refractivity contribution >= 4 is 22.0 Å². The summed E-state index contributed by atoms with van der Waals surface area (Å²) in [4.78, 5) is 20.8. The van der Waals surface area contributed by atoms with E-state index >= 15 is 0 Å². The predicted octanol–water partition coefficient (Wildman–Crippen LogP) is 0.957. The molecule has 0 atom stereocenters. The quantitative estimate of drug-likeness (QED) is 0.489. The van der Waals surface area contributed by atoms with E-state index in [4.69, 9.17) is 0 Å². The predicted molar refractivity (Wildman–Crippen MR) is 31.5 cm³/mol. The third kappa shape index (κ3) is 1.33. The minimum Gasteiger partial charge on any atom is -0.287 e. The Hall–Kier alpha value is -0.310. The molecule has 1 heterocycles. The second-order valence-electron chi connectivity index (χ2n) is 1.70. The number of hydrogen-bond donors (Lipinski definition) is 0. The third-order valence-electron chi connectivity index (χ3n) is 0.989. The van der Waals surface area contributed by atoms with E-state index in [1.165, 1.54) is 0 Å². The number of hydrogen-bond acceptors (Lipinski definition) is 3. The first-order valence-corrected chi connectivity index (χ1v) is 3.34. The molecule has 0 spiro atoms. The van der Waals surface area contributed by atoms with Crippen molar-refractivity contribution in [1.82, 2.24) is 0 Å². The summed E-state index contributed by atoms with van der Waals surface area (Å²) in [5.41, 5.74) is 0. The monoisotopic (exact) mass is 130 g/mol. The molecule has 8 heavy (non-hydrogen) atoms. The first-order valence-electron chi connectivity index (χ1n) is 2.52. The summed E-state index contributed by atoms with van der Waals surface area (Å²) in [6, 6.07) is 0. The van der Waals surface area contributed by atoms with Crippen LogP contribution in [0.3, 0.4) is 0 Å². The number of carbonyl (C=O) groups is 2. The van der Waals surface area contributed by atoms with E-state index < -0.39 is 0 Å². The second kappa shape index (κ2) is 2.31. The van der Waals surface area contributed by atoms with Crippen LogP contribution < -0.4 is 0 Å². The van der Waals surface area contributed by atoms with Gasteiger partial charge in [0.25, 0.3) is 0 Å². The highest BCUT2D eigenvalue weighted by atomic mass is 32.2. The van der Waals surface area contributed by atoms with Crippen molar-refractivity contribution in [3.63, 3.8) is 0 Å². The maximum absolute atomic E-state index is 10.4. The summed E-state index contributed by atoms with van der Waals surface area (Å²) in [7, 11) is 0. The number of thioether (sulfide) groups is 1. The van der Waals surface area contributed by atoms with Gasteiger partial charge in [0.15, 0.2) is 10.2 Å². The summed E-state index contributed by atoms with van der Waals surface area (Å²) in [5.74, 6) is 0. The molecule has 0 bridgehead atoms. The summed E-state index contributed by atoms with van der Waals surface area (Å²) in [6.45, 7) is 0. The topological polar surface area (TPSA) is 34.1 Å². The Morgan fingerprint density at radius 2 is 1.62 bits per heavy atom. The van der Waals surface area contributed by atoms with Gasteiger partial charge in [-0.1, -0.05) is 0 Å². The van der Waals surface area contributed by atoms with Crippen LogP contribution >= 0.6 is 11.8 Å². The zero-order valence-corrected chi connectivity index (χ0v) is 5.16. The van der Waals surface area contributed by atoms with Crippen LogP contribution in [0.2, 0.25) is 0 Å². The van der Waals surface area contributed by atoms with Gasteiger partial charge in [0.1, 0.15) is 0 Å². The Balaban J connectivity index is 2.45. The molecule has 1 saturated heterocycles. The van der Waals surface area contributed by atoms with Gasteiger partial charge in [-0.2, -0.15) is 0 Å². The van der Waals surface area contributed by atoms with Gasteiger partial charge in [0.2, 0.25) is 0 Å². The summed E-state index contributed by atoms with van der Waals surface area (Å²) < 4.78 is 0. The van der Waals surface area contributed by atoms with Crippen LogP contribution in [-0.2, 0) is 9.59 Å². The maximum Gasteiger partial charge on any atom is 0.196 e. The van der Waals surface area contributed by atoms with Gasteiger partial charge in [-0.15, -0.1) is 0 Å². The van der Waals surface area contributed by atoms with Crippen LogP contribution in [0.5, 0.6) is 0 Å². The fraction of sp³-hybridized carbons (Fsp3) is 0.600. The van der Waals surface area contributed by atoms with E-state index in [2.05, 4.69) is 0 Å². The minimum atomic E-state index is 0.0289. The molecule has 1 aliphatic rings. The maximum atomic E-state index is 10.4. The highest BCUT2D eigenvalue weighted by molar-refractivity contribution is 8.26. The smallest absolute Gasteiger partial charge is 0.196 e. The van der Waals surface area contributed by atoms with Crippen LogP contribution in [0.1, 0.15) is 19.3 Å². The Kier molecular flexibility index (Phi) is 1.68. The van der Waals surface area contributed by atoms with Crippen LogP contribution in [0.4, 0.5) is 0 Å². The molecule has 3 heteroatoms. The van der Waals surface area contributed by atoms with Crippen molar-refractivity contribution in [2.24, 2.45) is 0 Å². The van der Waals surface area contributed by atoms with E-state index in [1.807, 2.05) is 0 Å². The lowest BCUT2D eigenvalue weighted by atomic mass is 10.2. The van der Waals surface area contributed by atoms with Crippen molar-refractivity contribution in [3.05, 3.63) is 0 Å². The highest BCUT2D eigenvalue weighted by Crippen LogP contribution is 2.19. The zero-order chi connectivity index (χ0) is 5.98. The number of rotatable bonds is 0. The molecule has 0 N–H and O–H groups in total. The Labute approximate surface area is 51.6 Å². The molecule has 0 aromatic carbocycles. The second-order valence-corrected chi connectivity index (χ2v) is 2.81. The molecular weight excluding hydrogens is 124 g/mol. The summed E-state index contributed by atoms with van der Waals surface area (Å²) in [6.07, 6.45) is 1.91. The lowest BCUT2D eigenvalue weighted by molar-refractivity contribution is -0.115. The van der Waals surface area contributed by atoms with Crippen molar-refractivity contribution in [2.75, 3.05) is 0 Å².